The zero-order valence-electron chi connectivity index (χ0n) is 12.1. The Kier molecular flexibility index (Phi) is 4.99. The molecular weight excluding hydrogens is 257 g/mol. The maximum Gasteiger partial charge on any atom is 0.340 e. The fraction of sp³-hybridized carbons (Fsp3) is 0.562. The first-order chi connectivity index (χ1) is 9.63. The molecule has 110 valence electrons. The summed E-state index contributed by atoms with van der Waals surface area (Å²) in [4.78, 5) is 11.5. The van der Waals surface area contributed by atoms with Crippen molar-refractivity contribution in [2.75, 3.05) is 12.4 Å². The third-order valence-corrected chi connectivity index (χ3v) is 4.17. The van der Waals surface area contributed by atoms with Crippen LogP contribution in [0.2, 0.25) is 0 Å². The lowest BCUT2D eigenvalue weighted by molar-refractivity contribution is 0.0595. The molecule has 0 spiro atoms. The second kappa shape index (κ2) is 6.73. The van der Waals surface area contributed by atoms with Crippen molar-refractivity contribution in [1.29, 1.82) is 0 Å². The van der Waals surface area contributed by atoms with E-state index in [2.05, 4.69) is 17.0 Å². The highest BCUT2D eigenvalue weighted by molar-refractivity contribution is 5.90. The number of nitrogens with one attached hydrogen (secondary N) is 1. The van der Waals surface area contributed by atoms with Crippen LogP contribution in [0.15, 0.2) is 18.2 Å². The van der Waals surface area contributed by atoms with Crippen molar-refractivity contribution in [2.24, 2.45) is 5.92 Å². The van der Waals surface area contributed by atoms with Crippen molar-refractivity contribution >= 4 is 11.7 Å². The van der Waals surface area contributed by atoms with Gasteiger partial charge in [-0.25, -0.2) is 9.18 Å². The summed E-state index contributed by atoms with van der Waals surface area (Å²) >= 11 is 0. The predicted molar refractivity (Wildman–Crippen MR) is 77.4 cm³/mol. The van der Waals surface area contributed by atoms with E-state index < -0.39 is 11.8 Å². The van der Waals surface area contributed by atoms with E-state index in [-0.39, 0.29) is 5.56 Å². The van der Waals surface area contributed by atoms with Crippen LogP contribution in [-0.4, -0.2) is 19.1 Å². The first-order valence-corrected chi connectivity index (χ1v) is 7.28. The molecule has 1 saturated carbocycles. The molecule has 3 nitrogen and oxygen atoms in total. The van der Waals surface area contributed by atoms with Gasteiger partial charge in [-0.1, -0.05) is 13.3 Å². The minimum Gasteiger partial charge on any atom is -0.465 e. The molecule has 1 aliphatic rings. The fourth-order valence-electron chi connectivity index (χ4n) is 2.83. The van der Waals surface area contributed by atoms with Gasteiger partial charge in [0.25, 0.3) is 0 Å². The van der Waals surface area contributed by atoms with Crippen LogP contribution in [0.3, 0.4) is 0 Å². The SMILES string of the molecule is CCC1CCC(Nc2ccc(F)c(C(=O)OC)c2)CC1. The second-order valence-electron chi connectivity index (χ2n) is 5.46. The fourth-order valence-corrected chi connectivity index (χ4v) is 2.83. The lowest BCUT2D eigenvalue weighted by Crippen LogP contribution is -2.26. The zero-order valence-corrected chi connectivity index (χ0v) is 12.1. The number of methoxy groups -OCH3 is 1. The van der Waals surface area contributed by atoms with E-state index in [1.165, 1.54) is 38.5 Å². The van der Waals surface area contributed by atoms with Crippen molar-refractivity contribution in [1.82, 2.24) is 0 Å². The average Bonchev–Trinajstić information content (AvgIpc) is 2.49. The van der Waals surface area contributed by atoms with Gasteiger partial charge in [-0.15, -0.1) is 0 Å². The Morgan fingerprint density at radius 2 is 2.05 bits per heavy atom. The molecule has 4 heteroatoms. The molecule has 0 heterocycles. The number of carbonyl (C=O) groups excluding carboxylic acids is 1. The molecule has 0 aliphatic heterocycles. The lowest BCUT2D eigenvalue weighted by Gasteiger charge is -2.29. The van der Waals surface area contributed by atoms with Gasteiger partial charge in [-0.05, 0) is 49.8 Å². The van der Waals surface area contributed by atoms with Crippen LogP contribution in [0, 0.1) is 11.7 Å². The number of esters is 1. The topological polar surface area (TPSA) is 38.3 Å². The van der Waals surface area contributed by atoms with Gasteiger partial charge in [0.1, 0.15) is 5.82 Å². The summed E-state index contributed by atoms with van der Waals surface area (Å²) in [5.41, 5.74) is 0.770. The average molecular weight is 279 g/mol. The molecule has 1 aromatic rings. The van der Waals surface area contributed by atoms with Crippen LogP contribution in [0.4, 0.5) is 10.1 Å². The quantitative estimate of drug-likeness (QED) is 0.847. The first-order valence-electron chi connectivity index (χ1n) is 7.28. The largest absolute Gasteiger partial charge is 0.465 e. The minimum absolute atomic E-state index is 0.0141. The van der Waals surface area contributed by atoms with Crippen molar-refractivity contribution in [3.05, 3.63) is 29.6 Å². The Morgan fingerprint density at radius 3 is 2.65 bits per heavy atom. The third kappa shape index (κ3) is 3.50. The summed E-state index contributed by atoms with van der Waals surface area (Å²) < 4.78 is 18.1. The van der Waals surface area contributed by atoms with Gasteiger partial charge in [0.15, 0.2) is 0 Å². The van der Waals surface area contributed by atoms with Crippen LogP contribution >= 0.6 is 0 Å². The summed E-state index contributed by atoms with van der Waals surface area (Å²) in [6.07, 6.45) is 5.97. The van der Waals surface area contributed by atoms with E-state index in [4.69, 9.17) is 0 Å². The van der Waals surface area contributed by atoms with E-state index >= 15 is 0 Å². The van der Waals surface area contributed by atoms with E-state index in [0.717, 1.165) is 24.4 Å². The Hall–Kier alpha value is -1.58. The standard InChI is InChI=1S/C16H22FNO2/c1-3-11-4-6-12(7-5-11)18-13-8-9-15(17)14(10-13)16(19)20-2/h8-12,18H,3-7H2,1-2H3. The lowest BCUT2D eigenvalue weighted by atomic mass is 9.84. The van der Waals surface area contributed by atoms with Gasteiger partial charge in [-0.3, -0.25) is 0 Å². The molecule has 20 heavy (non-hydrogen) atoms. The van der Waals surface area contributed by atoms with E-state index in [1.807, 2.05) is 0 Å². The van der Waals surface area contributed by atoms with E-state index in [1.54, 1.807) is 6.07 Å². The Bertz CT molecular complexity index is 468. The van der Waals surface area contributed by atoms with E-state index in [0.29, 0.717) is 6.04 Å². The smallest absolute Gasteiger partial charge is 0.340 e. The maximum atomic E-state index is 13.6. The van der Waals surface area contributed by atoms with Crippen LogP contribution in [-0.2, 0) is 4.74 Å². The Labute approximate surface area is 119 Å². The predicted octanol–water partition coefficient (Wildman–Crippen LogP) is 3.99. The number of rotatable bonds is 4. The summed E-state index contributed by atoms with van der Waals surface area (Å²) in [6.45, 7) is 2.24. The van der Waals surface area contributed by atoms with Gasteiger partial charge in [0.2, 0.25) is 0 Å². The summed E-state index contributed by atoms with van der Waals surface area (Å²) in [5.74, 6) is -0.343. The van der Waals surface area contributed by atoms with Gasteiger partial charge >= 0.3 is 5.97 Å². The van der Waals surface area contributed by atoms with Crippen LogP contribution in [0.1, 0.15) is 49.4 Å². The van der Waals surface area contributed by atoms with Crippen molar-refractivity contribution in [3.8, 4) is 0 Å². The van der Waals surface area contributed by atoms with E-state index in [9.17, 15) is 9.18 Å². The number of ether oxygens (including phenoxy) is 1. The number of anilines is 1. The molecule has 0 unspecified atom stereocenters. The Balaban J connectivity index is 2.01. The molecule has 1 aliphatic carbocycles. The molecule has 1 aromatic carbocycles. The Morgan fingerprint density at radius 1 is 1.35 bits per heavy atom. The number of benzene rings is 1. The summed E-state index contributed by atoms with van der Waals surface area (Å²) in [5, 5.41) is 3.40. The number of carbonyl (C=O) groups is 1. The highest BCUT2D eigenvalue weighted by Gasteiger charge is 2.20. The molecule has 0 radical (unpaired) electrons. The van der Waals surface area contributed by atoms with Gasteiger partial charge in [-0.2, -0.15) is 0 Å². The minimum atomic E-state index is -0.638. The normalized spacial score (nSPS) is 22.4. The van der Waals surface area contributed by atoms with Crippen molar-refractivity contribution < 1.29 is 13.9 Å². The van der Waals surface area contributed by atoms with Gasteiger partial charge < -0.3 is 10.1 Å². The molecule has 1 fully saturated rings. The second-order valence-corrected chi connectivity index (χ2v) is 5.46. The molecule has 2 rings (SSSR count). The molecule has 1 N–H and O–H groups in total. The van der Waals surface area contributed by atoms with Crippen molar-refractivity contribution in [2.45, 2.75) is 45.1 Å². The number of hydrogen-bond acceptors (Lipinski definition) is 3. The van der Waals surface area contributed by atoms with Gasteiger partial charge in [0.05, 0.1) is 12.7 Å². The highest BCUT2D eigenvalue weighted by atomic mass is 19.1. The van der Waals surface area contributed by atoms with Crippen LogP contribution < -0.4 is 5.32 Å². The monoisotopic (exact) mass is 279 g/mol. The third-order valence-electron chi connectivity index (χ3n) is 4.17. The molecular formula is C16H22FNO2. The molecule has 0 atom stereocenters. The first kappa shape index (κ1) is 14.8. The van der Waals surface area contributed by atoms with Gasteiger partial charge in [0, 0.05) is 11.7 Å². The summed E-state index contributed by atoms with van der Waals surface area (Å²) in [6, 6.07) is 4.93. The number of hydrogen-bond donors (Lipinski definition) is 1. The maximum absolute atomic E-state index is 13.6. The molecule has 0 aromatic heterocycles. The number of halogens is 1. The highest BCUT2D eigenvalue weighted by Crippen LogP contribution is 2.28. The molecule has 0 amide bonds. The summed E-state index contributed by atoms with van der Waals surface area (Å²) in [7, 11) is 1.26. The van der Waals surface area contributed by atoms with Crippen LogP contribution in [0.5, 0.6) is 0 Å². The molecule has 0 saturated heterocycles. The van der Waals surface area contributed by atoms with Crippen LogP contribution in [0.25, 0.3) is 0 Å². The van der Waals surface area contributed by atoms with Crippen molar-refractivity contribution in [3.63, 3.8) is 0 Å². The zero-order chi connectivity index (χ0) is 14.5. The molecule has 0 bridgehead atoms.